The summed E-state index contributed by atoms with van der Waals surface area (Å²) in [5.74, 6) is -0.971. The van der Waals surface area contributed by atoms with Gasteiger partial charge in [0.1, 0.15) is 5.54 Å². The SMILES string of the molecule is CC(=O)N(C(C)C)C1(C(=O)O)CCCCCCC1. The number of carboxylic acid groups (broad SMARTS) is 1. The van der Waals surface area contributed by atoms with E-state index in [0.717, 1.165) is 25.7 Å². The highest BCUT2D eigenvalue weighted by Crippen LogP contribution is 2.33. The molecule has 0 atom stereocenters. The van der Waals surface area contributed by atoms with E-state index in [9.17, 15) is 14.7 Å². The molecule has 1 aliphatic rings. The molecule has 1 rings (SSSR count). The van der Waals surface area contributed by atoms with Crippen molar-refractivity contribution in [3.63, 3.8) is 0 Å². The van der Waals surface area contributed by atoms with E-state index < -0.39 is 11.5 Å². The van der Waals surface area contributed by atoms with Crippen molar-refractivity contribution in [2.45, 2.75) is 77.3 Å². The minimum absolute atomic E-state index is 0.0713. The molecule has 1 aliphatic carbocycles. The highest BCUT2D eigenvalue weighted by Gasteiger charge is 2.46. The van der Waals surface area contributed by atoms with Crippen molar-refractivity contribution in [1.29, 1.82) is 0 Å². The van der Waals surface area contributed by atoms with Crippen LogP contribution >= 0.6 is 0 Å². The summed E-state index contributed by atoms with van der Waals surface area (Å²) in [6.07, 6.45) is 6.26. The molecule has 0 bridgehead atoms. The molecule has 104 valence electrons. The van der Waals surface area contributed by atoms with Crippen LogP contribution in [0.4, 0.5) is 0 Å². The molecule has 0 radical (unpaired) electrons. The van der Waals surface area contributed by atoms with Crippen LogP contribution in [0.3, 0.4) is 0 Å². The van der Waals surface area contributed by atoms with E-state index in [4.69, 9.17) is 0 Å². The smallest absolute Gasteiger partial charge is 0.329 e. The van der Waals surface area contributed by atoms with Crippen LogP contribution in [-0.4, -0.2) is 33.5 Å². The molecule has 0 aromatic heterocycles. The summed E-state index contributed by atoms with van der Waals surface area (Å²) in [6.45, 7) is 5.26. The highest BCUT2D eigenvalue weighted by molar-refractivity contribution is 5.86. The van der Waals surface area contributed by atoms with Crippen molar-refractivity contribution >= 4 is 11.9 Å². The number of rotatable bonds is 3. The van der Waals surface area contributed by atoms with E-state index in [1.807, 2.05) is 13.8 Å². The number of carbonyl (C=O) groups excluding carboxylic acids is 1. The van der Waals surface area contributed by atoms with Crippen LogP contribution in [0.15, 0.2) is 0 Å². The Morgan fingerprint density at radius 3 is 1.83 bits per heavy atom. The Morgan fingerprint density at radius 1 is 1.06 bits per heavy atom. The number of hydrogen-bond acceptors (Lipinski definition) is 2. The fraction of sp³-hybridized carbons (Fsp3) is 0.857. The summed E-state index contributed by atoms with van der Waals surface area (Å²) < 4.78 is 0. The Morgan fingerprint density at radius 2 is 1.50 bits per heavy atom. The molecule has 0 aromatic rings. The van der Waals surface area contributed by atoms with Gasteiger partial charge in [0.2, 0.25) is 5.91 Å². The predicted octanol–water partition coefficient (Wildman–Crippen LogP) is 2.81. The van der Waals surface area contributed by atoms with Gasteiger partial charge in [0, 0.05) is 13.0 Å². The van der Waals surface area contributed by atoms with E-state index in [2.05, 4.69) is 0 Å². The topological polar surface area (TPSA) is 57.6 Å². The Kier molecular flexibility index (Phi) is 5.17. The van der Waals surface area contributed by atoms with Gasteiger partial charge >= 0.3 is 5.97 Å². The van der Waals surface area contributed by atoms with Crippen LogP contribution in [0.1, 0.15) is 65.7 Å². The Labute approximate surface area is 109 Å². The fourth-order valence-corrected chi connectivity index (χ4v) is 3.21. The van der Waals surface area contributed by atoms with Crippen molar-refractivity contribution in [3.8, 4) is 0 Å². The van der Waals surface area contributed by atoms with Gasteiger partial charge in [-0.25, -0.2) is 4.79 Å². The van der Waals surface area contributed by atoms with Crippen LogP contribution in [0.5, 0.6) is 0 Å². The molecule has 0 aliphatic heterocycles. The maximum absolute atomic E-state index is 11.9. The molecule has 1 fully saturated rings. The fourth-order valence-electron chi connectivity index (χ4n) is 3.21. The van der Waals surface area contributed by atoms with Crippen LogP contribution in [0.25, 0.3) is 0 Å². The molecule has 0 heterocycles. The van der Waals surface area contributed by atoms with Crippen molar-refractivity contribution in [3.05, 3.63) is 0 Å². The van der Waals surface area contributed by atoms with Gasteiger partial charge in [-0.3, -0.25) is 4.79 Å². The quantitative estimate of drug-likeness (QED) is 0.843. The highest BCUT2D eigenvalue weighted by atomic mass is 16.4. The number of carbonyl (C=O) groups is 2. The molecule has 0 aromatic carbocycles. The van der Waals surface area contributed by atoms with Gasteiger partial charge in [-0.2, -0.15) is 0 Å². The molecular weight excluding hydrogens is 230 g/mol. The first-order valence-corrected chi connectivity index (χ1v) is 6.95. The Balaban J connectivity index is 3.08. The van der Waals surface area contributed by atoms with Gasteiger partial charge in [-0.15, -0.1) is 0 Å². The van der Waals surface area contributed by atoms with Crippen LogP contribution in [0.2, 0.25) is 0 Å². The lowest BCUT2D eigenvalue weighted by molar-refractivity contribution is -0.162. The molecule has 0 unspecified atom stereocenters. The summed E-state index contributed by atoms with van der Waals surface area (Å²) in [4.78, 5) is 25.2. The monoisotopic (exact) mass is 255 g/mol. The number of carboxylic acids is 1. The van der Waals surface area contributed by atoms with Crippen LogP contribution in [-0.2, 0) is 9.59 Å². The van der Waals surface area contributed by atoms with Crippen molar-refractivity contribution in [2.24, 2.45) is 0 Å². The minimum Gasteiger partial charge on any atom is -0.479 e. The minimum atomic E-state index is -0.986. The molecule has 4 heteroatoms. The van der Waals surface area contributed by atoms with E-state index in [1.165, 1.54) is 13.3 Å². The first-order valence-electron chi connectivity index (χ1n) is 6.95. The maximum atomic E-state index is 11.9. The first-order chi connectivity index (χ1) is 8.42. The maximum Gasteiger partial charge on any atom is 0.329 e. The van der Waals surface area contributed by atoms with E-state index in [0.29, 0.717) is 12.8 Å². The van der Waals surface area contributed by atoms with E-state index in [1.54, 1.807) is 4.90 Å². The second kappa shape index (κ2) is 6.21. The van der Waals surface area contributed by atoms with Crippen LogP contribution in [0, 0.1) is 0 Å². The lowest BCUT2D eigenvalue weighted by Gasteiger charge is -2.44. The number of amides is 1. The number of aliphatic carboxylic acids is 1. The van der Waals surface area contributed by atoms with Gasteiger partial charge in [-0.05, 0) is 26.7 Å². The van der Waals surface area contributed by atoms with Gasteiger partial charge in [0.05, 0.1) is 0 Å². The average Bonchev–Trinajstić information content (AvgIpc) is 2.19. The third-order valence-corrected chi connectivity index (χ3v) is 3.90. The van der Waals surface area contributed by atoms with Crippen LogP contribution < -0.4 is 0 Å². The molecule has 1 amide bonds. The van der Waals surface area contributed by atoms with Gasteiger partial charge in [-0.1, -0.05) is 32.1 Å². The second-order valence-corrected chi connectivity index (χ2v) is 5.59. The number of hydrogen-bond donors (Lipinski definition) is 1. The van der Waals surface area contributed by atoms with Gasteiger partial charge < -0.3 is 10.0 Å². The summed E-state index contributed by atoms with van der Waals surface area (Å²) in [6, 6.07) is -0.0713. The second-order valence-electron chi connectivity index (χ2n) is 5.59. The molecule has 0 saturated heterocycles. The molecule has 18 heavy (non-hydrogen) atoms. The zero-order chi connectivity index (χ0) is 13.8. The van der Waals surface area contributed by atoms with E-state index >= 15 is 0 Å². The Hall–Kier alpha value is -1.06. The van der Waals surface area contributed by atoms with E-state index in [-0.39, 0.29) is 11.9 Å². The Bertz CT molecular complexity index is 304. The standard InChI is InChI=1S/C14H25NO3/c1-11(2)15(12(3)16)14(13(17)18)9-7-5-4-6-8-10-14/h11H,4-10H2,1-3H3,(H,17,18). The van der Waals surface area contributed by atoms with Crippen molar-refractivity contribution < 1.29 is 14.7 Å². The molecular formula is C14H25NO3. The normalized spacial score (nSPS) is 20.0. The number of nitrogens with zero attached hydrogens (tertiary/aromatic N) is 1. The molecule has 1 saturated carbocycles. The zero-order valence-electron chi connectivity index (χ0n) is 11.7. The van der Waals surface area contributed by atoms with Gasteiger partial charge in [0.15, 0.2) is 0 Å². The lowest BCUT2D eigenvalue weighted by Crippen LogP contribution is -2.59. The average molecular weight is 255 g/mol. The van der Waals surface area contributed by atoms with Crippen molar-refractivity contribution in [1.82, 2.24) is 4.90 Å². The molecule has 0 spiro atoms. The van der Waals surface area contributed by atoms with Gasteiger partial charge in [0.25, 0.3) is 0 Å². The summed E-state index contributed by atoms with van der Waals surface area (Å²) >= 11 is 0. The first kappa shape index (κ1) is 15.0. The molecule has 4 nitrogen and oxygen atoms in total. The third kappa shape index (κ3) is 3.03. The summed E-state index contributed by atoms with van der Waals surface area (Å²) in [5, 5.41) is 9.68. The lowest BCUT2D eigenvalue weighted by atomic mass is 9.81. The third-order valence-electron chi connectivity index (χ3n) is 3.90. The summed E-state index contributed by atoms with van der Waals surface area (Å²) in [5.41, 5.74) is -0.986. The zero-order valence-corrected chi connectivity index (χ0v) is 11.7. The predicted molar refractivity (Wildman–Crippen MR) is 70.3 cm³/mol. The van der Waals surface area contributed by atoms with Crippen molar-refractivity contribution in [2.75, 3.05) is 0 Å². The molecule has 1 N–H and O–H groups in total. The largest absolute Gasteiger partial charge is 0.479 e. The summed E-state index contributed by atoms with van der Waals surface area (Å²) in [7, 11) is 0.